The second-order valence-electron chi connectivity index (χ2n) is 17.5. The van der Waals surface area contributed by atoms with E-state index in [-0.39, 0.29) is 32.0 Å². The van der Waals surface area contributed by atoms with Gasteiger partial charge in [0.15, 0.2) is 0 Å². The first-order valence-corrected chi connectivity index (χ1v) is 22.4. The Bertz CT molecular complexity index is 1520. The van der Waals surface area contributed by atoms with Gasteiger partial charge in [-0.3, -0.25) is 33.8 Å². The molecular formula is C43H76N8O11. The van der Waals surface area contributed by atoms with E-state index in [1.54, 1.807) is 34.7 Å². The van der Waals surface area contributed by atoms with Crippen LogP contribution in [0.4, 0.5) is 0 Å². The smallest absolute Gasteiger partial charge is 0.333 e. The summed E-state index contributed by atoms with van der Waals surface area (Å²) in [4.78, 5) is 115. The number of nitrogens with one attached hydrogen (secondary N) is 4. The first-order chi connectivity index (χ1) is 29.2. The van der Waals surface area contributed by atoms with Gasteiger partial charge in [0, 0.05) is 20.1 Å². The molecule has 10 unspecified atom stereocenters. The van der Waals surface area contributed by atoms with Crippen molar-refractivity contribution in [2.24, 2.45) is 29.4 Å². The first kappa shape index (κ1) is 53.9. The molecule has 2 aliphatic heterocycles. The van der Waals surface area contributed by atoms with Crippen molar-refractivity contribution in [1.29, 1.82) is 0 Å². The topological polar surface area (TPSA) is 248 Å². The second-order valence-corrected chi connectivity index (χ2v) is 17.5. The highest BCUT2D eigenvalue weighted by Gasteiger charge is 2.46. The number of likely N-dealkylation sites (N-methyl/N-ethyl adjacent to an activating group) is 2. The van der Waals surface area contributed by atoms with Crippen LogP contribution in [0, 0.1) is 23.7 Å². The minimum absolute atomic E-state index is 0.0519. The van der Waals surface area contributed by atoms with E-state index >= 15 is 0 Å². The number of amides is 5. The number of nitrogens with two attached hydrogens (primary N) is 1. The highest BCUT2D eigenvalue weighted by Crippen LogP contribution is 2.33. The van der Waals surface area contributed by atoms with E-state index in [4.69, 9.17) is 20.0 Å². The van der Waals surface area contributed by atoms with E-state index in [1.165, 1.54) is 18.9 Å². The lowest BCUT2D eigenvalue weighted by Gasteiger charge is -2.42. The fourth-order valence-electron chi connectivity index (χ4n) is 7.61. The Morgan fingerprint density at radius 2 is 1.68 bits per heavy atom. The van der Waals surface area contributed by atoms with Crippen molar-refractivity contribution in [2.75, 3.05) is 33.7 Å². The van der Waals surface area contributed by atoms with Gasteiger partial charge in [0.2, 0.25) is 17.7 Å². The Balaban J connectivity index is 2.49. The third kappa shape index (κ3) is 15.6. The molecule has 354 valence electrons. The standard InChI is InChI=1S/C43H76N8O11/c1-12-13-15-32(24-52)49(11)35(53)23-46-40(56)29(8)51(62-36(54)19-20-44)41(57)33-16-14-21-47-50(33)42(58)37(38(26(4)5)61-43(59)28(7)45-10)48-39(55)27(6)34-18-17-31(22-25(2)3)30(9)60-34/h24-34,37-38,45,47H,12-23,44H2,1-11H3,(H,46,56)(H,48,55). The molecule has 10 atom stereocenters. The Labute approximate surface area is 367 Å². The van der Waals surface area contributed by atoms with Crippen LogP contribution in [0.3, 0.4) is 0 Å². The normalized spacial score (nSPS) is 22.0. The van der Waals surface area contributed by atoms with Crippen molar-refractivity contribution < 1.29 is 52.7 Å². The molecule has 2 fully saturated rings. The molecule has 0 saturated carbocycles. The zero-order valence-corrected chi connectivity index (χ0v) is 38.9. The molecular weight excluding hydrogens is 805 g/mol. The predicted molar refractivity (Wildman–Crippen MR) is 230 cm³/mol. The van der Waals surface area contributed by atoms with Crippen LogP contribution in [0.25, 0.3) is 0 Å². The fourth-order valence-corrected chi connectivity index (χ4v) is 7.61. The molecule has 0 aromatic rings. The number of carbonyl (C=O) groups is 8. The highest BCUT2D eigenvalue weighted by molar-refractivity contribution is 5.95. The van der Waals surface area contributed by atoms with Gasteiger partial charge in [-0.1, -0.05) is 54.4 Å². The zero-order chi connectivity index (χ0) is 46.8. The largest absolute Gasteiger partial charge is 0.458 e. The summed E-state index contributed by atoms with van der Waals surface area (Å²) in [6.45, 7) is 15.9. The average molecular weight is 881 g/mol. The van der Waals surface area contributed by atoms with Crippen molar-refractivity contribution in [3.8, 4) is 0 Å². The predicted octanol–water partition coefficient (Wildman–Crippen LogP) is 1.36. The number of nitrogens with zero attached hydrogens (tertiary/aromatic N) is 3. The number of hydroxylamine groups is 2. The van der Waals surface area contributed by atoms with Gasteiger partial charge in [0.25, 0.3) is 11.8 Å². The van der Waals surface area contributed by atoms with E-state index < -0.39 is 102 Å². The lowest BCUT2D eigenvalue weighted by Crippen LogP contribution is -2.67. The molecule has 2 saturated heterocycles. The number of ether oxygens (including phenoxy) is 2. The summed E-state index contributed by atoms with van der Waals surface area (Å²) in [5.74, 6) is -5.69. The molecule has 0 bridgehead atoms. The summed E-state index contributed by atoms with van der Waals surface area (Å²) < 4.78 is 12.3. The number of hydrogen-bond donors (Lipinski definition) is 5. The molecule has 2 aliphatic rings. The maximum absolute atomic E-state index is 14.9. The SMILES string of the molecule is CCCCC(C=O)N(C)C(=O)CNC(=O)C(C)N(OC(=O)CCN)C(=O)C1CCCNN1C(=O)C(NC(=O)C(C)C1CCC(CC(C)C)C(C)O1)C(OC(=O)C(C)NC)C(C)C. The fraction of sp³-hybridized carbons (Fsp3) is 0.814. The molecule has 0 aromatic carbocycles. The third-order valence-electron chi connectivity index (χ3n) is 11.8. The van der Waals surface area contributed by atoms with Crippen molar-refractivity contribution in [3.63, 3.8) is 0 Å². The summed E-state index contributed by atoms with van der Waals surface area (Å²) >= 11 is 0. The van der Waals surface area contributed by atoms with Crippen molar-refractivity contribution >= 4 is 47.8 Å². The number of hydrazine groups is 1. The van der Waals surface area contributed by atoms with Crippen molar-refractivity contribution in [2.45, 2.75) is 169 Å². The molecule has 0 radical (unpaired) electrons. The Hall–Kier alpha value is -4.20. The zero-order valence-electron chi connectivity index (χ0n) is 38.9. The molecule has 0 spiro atoms. The minimum atomic E-state index is -1.51. The number of carbonyl (C=O) groups excluding carboxylic acids is 8. The molecule has 5 amide bonds. The van der Waals surface area contributed by atoms with E-state index in [0.29, 0.717) is 48.9 Å². The van der Waals surface area contributed by atoms with Gasteiger partial charge in [-0.15, -0.1) is 0 Å². The summed E-state index contributed by atoms with van der Waals surface area (Å²) in [6, 6.07) is -5.84. The molecule has 19 nitrogen and oxygen atoms in total. The van der Waals surface area contributed by atoms with Gasteiger partial charge in [0.05, 0.1) is 37.1 Å². The summed E-state index contributed by atoms with van der Waals surface area (Å²) in [7, 11) is 3.03. The van der Waals surface area contributed by atoms with Gasteiger partial charge in [-0.05, 0) is 84.1 Å². The van der Waals surface area contributed by atoms with Gasteiger partial charge >= 0.3 is 11.9 Å². The van der Waals surface area contributed by atoms with Crippen LogP contribution in [0.5, 0.6) is 0 Å². The van der Waals surface area contributed by atoms with E-state index in [2.05, 4.69) is 35.2 Å². The Morgan fingerprint density at radius 3 is 2.24 bits per heavy atom. The molecule has 0 aromatic heterocycles. The van der Waals surface area contributed by atoms with Gasteiger partial charge in [-0.25, -0.2) is 10.2 Å². The maximum Gasteiger partial charge on any atom is 0.333 e. The van der Waals surface area contributed by atoms with Crippen LogP contribution in [-0.4, -0.2) is 145 Å². The second kappa shape index (κ2) is 26.4. The molecule has 2 rings (SSSR count). The van der Waals surface area contributed by atoms with Gasteiger partial charge in [0.1, 0.15) is 36.6 Å². The lowest BCUT2D eigenvalue weighted by molar-refractivity contribution is -0.211. The number of esters is 1. The van der Waals surface area contributed by atoms with Gasteiger partial charge < -0.3 is 45.7 Å². The number of aldehydes is 1. The first-order valence-electron chi connectivity index (χ1n) is 22.4. The molecule has 2 heterocycles. The van der Waals surface area contributed by atoms with Crippen LogP contribution in [0.1, 0.15) is 120 Å². The summed E-state index contributed by atoms with van der Waals surface area (Å²) in [5.41, 5.74) is 8.54. The van der Waals surface area contributed by atoms with Crippen LogP contribution >= 0.6 is 0 Å². The van der Waals surface area contributed by atoms with E-state index in [0.717, 1.165) is 24.3 Å². The quantitative estimate of drug-likeness (QED) is 0.0553. The molecule has 6 N–H and O–H groups in total. The summed E-state index contributed by atoms with van der Waals surface area (Å²) in [5, 5.41) is 9.74. The Kier molecular flexibility index (Phi) is 23.0. The monoisotopic (exact) mass is 881 g/mol. The minimum Gasteiger partial charge on any atom is -0.458 e. The van der Waals surface area contributed by atoms with Crippen LogP contribution < -0.4 is 27.1 Å². The van der Waals surface area contributed by atoms with Crippen LogP contribution in [0.2, 0.25) is 0 Å². The lowest BCUT2D eigenvalue weighted by atomic mass is 9.83. The summed E-state index contributed by atoms with van der Waals surface area (Å²) in [6.07, 6.45) is 3.54. The Morgan fingerprint density at radius 1 is 1.00 bits per heavy atom. The maximum atomic E-state index is 14.9. The molecule has 19 heteroatoms. The number of hydrogen-bond acceptors (Lipinski definition) is 14. The molecule has 0 aliphatic carbocycles. The molecule has 62 heavy (non-hydrogen) atoms. The van der Waals surface area contributed by atoms with E-state index in [1.807, 2.05) is 13.8 Å². The number of unbranched alkanes of at least 4 members (excludes halogenated alkanes) is 1. The van der Waals surface area contributed by atoms with E-state index in [9.17, 15) is 38.4 Å². The van der Waals surface area contributed by atoms with Crippen LogP contribution in [0.15, 0.2) is 0 Å². The van der Waals surface area contributed by atoms with Crippen molar-refractivity contribution in [1.82, 2.24) is 36.3 Å². The average Bonchev–Trinajstić information content (AvgIpc) is 3.24. The third-order valence-corrected chi connectivity index (χ3v) is 11.8. The number of rotatable bonds is 23. The van der Waals surface area contributed by atoms with Crippen molar-refractivity contribution in [3.05, 3.63) is 0 Å². The van der Waals surface area contributed by atoms with Crippen LogP contribution in [-0.2, 0) is 52.7 Å². The van der Waals surface area contributed by atoms with Gasteiger partial charge in [-0.2, -0.15) is 5.06 Å². The highest BCUT2D eigenvalue weighted by atomic mass is 16.7.